The molecule has 0 saturated carbocycles. The van der Waals surface area contributed by atoms with Gasteiger partial charge in [0.05, 0.1) is 19.1 Å². The maximum atomic E-state index is 10.6. The van der Waals surface area contributed by atoms with Gasteiger partial charge in [-0.1, -0.05) is 24.3 Å². The smallest absolute Gasteiger partial charge is 0.220 e. The zero-order valence-electron chi connectivity index (χ0n) is 9.67. The molecule has 5 heteroatoms. The van der Waals surface area contributed by atoms with E-state index in [1.165, 1.54) is 0 Å². The van der Waals surface area contributed by atoms with Gasteiger partial charge in [0.2, 0.25) is 5.91 Å². The lowest BCUT2D eigenvalue weighted by molar-refractivity contribution is -0.121. The van der Waals surface area contributed by atoms with E-state index in [0.717, 1.165) is 5.56 Å². The summed E-state index contributed by atoms with van der Waals surface area (Å²) in [5.41, 5.74) is 6.45. The summed E-state index contributed by atoms with van der Waals surface area (Å²) in [6, 6.07) is 6.95. The summed E-state index contributed by atoms with van der Waals surface area (Å²) >= 11 is 0. The fourth-order valence-electron chi connectivity index (χ4n) is 1.52. The number of hydrogen-bond donors (Lipinski definition) is 3. The standard InChI is InChI=1S/C12H17NO4/c1-17-7-8-2-4-9(5-3-8)12(16)10(14)6-11(13)15/h2-5,10,12,14,16H,6-7H2,1H3,(H2,13,15). The summed E-state index contributed by atoms with van der Waals surface area (Å²) in [5.74, 6) is -0.646. The van der Waals surface area contributed by atoms with E-state index in [1.54, 1.807) is 31.4 Å². The molecule has 0 bridgehead atoms. The molecule has 1 aromatic carbocycles. The molecule has 1 rings (SSSR count). The number of methoxy groups -OCH3 is 1. The fourth-order valence-corrected chi connectivity index (χ4v) is 1.52. The quantitative estimate of drug-likeness (QED) is 0.656. The van der Waals surface area contributed by atoms with Crippen molar-refractivity contribution in [3.63, 3.8) is 0 Å². The molecule has 0 aliphatic heterocycles. The molecule has 0 saturated heterocycles. The lowest BCUT2D eigenvalue weighted by Gasteiger charge is -2.17. The molecule has 0 aliphatic carbocycles. The highest BCUT2D eigenvalue weighted by atomic mass is 16.5. The minimum absolute atomic E-state index is 0.263. The first-order valence-electron chi connectivity index (χ1n) is 5.26. The summed E-state index contributed by atoms with van der Waals surface area (Å²) in [7, 11) is 1.60. The minimum Gasteiger partial charge on any atom is -0.390 e. The van der Waals surface area contributed by atoms with Gasteiger partial charge >= 0.3 is 0 Å². The molecule has 2 unspecified atom stereocenters. The first-order valence-corrected chi connectivity index (χ1v) is 5.26. The molecule has 0 heterocycles. The fraction of sp³-hybridized carbons (Fsp3) is 0.417. The first kappa shape index (κ1) is 13.6. The van der Waals surface area contributed by atoms with Crippen molar-refractivity contribution in [1.82, 2.24) is 0 Å². The second-order valence-corrected chi connectivity index (χ2v) is 3.86. The van der Waals surface area contributed by atoms with E-state index in [9.17, 15) is 15.0 Å². The third-order valence-electron chi connectivity index (χ3n) is 2.41. The van der Waals surface area contributed by atoms with Gasteiger partial charge in [-0.05, 0) is 11.1 Å². The summed E-state index contributed by atoms with van der Waals surface area (Å²) in [6.07, 6.45) is -2.55. The number of primary amides is 1. The van der Waals surface area contributed by atoms with E-state index in [1.807, 2.05) is 0 Å². The zero-order chi connectivity index (χ0) is 12.8. The van der Waals surface area contributed by atoms with Gasteiger partial charge in [-0.2, -0.15) is 0 Å². The normalized spacial score (nSPS) is 14.3. The molecule has 0 radical (unpaired) electrons. The van der Waals surface area contributed by atoms with Crippen molar-refractivity contribution in [3.8, 4) is 0 Å². The van der Waals surface area contributed by atoms with Crippen LogP contribution in [0.1, 0.15) is 23.7 Å². The van der Waals surface area contributed by atoms with Crippen LogP contribution in [0.15, 0.2) is 24.3 Å². The average Bonchev–Trinajstić information content (AvgIpc) is 2.28. The van der Waals surface area contributed by atoms with E-state index in [4.69, 9.17) is 10.5 Å². The highest BCUT2D eigenvalue weighted by Crippen LogP contribution is 2.19. The van der Waals surface area contributed by atoms with Crippen LogP contribution < -0.4 is 5.73 Å². The van der Waals surface area contributed by atoms with Crippen LogP contribution in [0.2, 0.25) is 0 Å². The Hall–Kier alpha value is -1.43. The van der Waals surface area contributed by atoms with Gasteiger partial charge in [0.15, 0.2) is 0 Å². The van der Waals surface area contributed by atoms with Crippen molar-refractivity contribution < 1.29 is 19.7 Å². The summed E-state index contributed by atoms with van der Waals surface area (Å²) in [6.45, 7) is 0.486. The molecule has 0 spiro atoms. The monoisotopic (exact) mass is 239 g/mol. The van der Waals surface area contributed by atoms with Crippen molar-refractivity contribution in [3.05, 3.63) is 35.4 Å². The third kappa shape index (κ3) is 4.14. The lowest BCUT2D eigenvalue weighted by Crippen LogP contribution is -2.25. The van der Waals surface area contributed by atoms with Crippen molar-refractivity contribution in [2.24, 2.45) is 5.73 Å². The van der Waals surface area contributed by atoms with Crippen LogP contribution in [-0.4, -0.2) is 29.3 Å². The molecular formula is C12H17NO4. The summed E-state index contributed by atoms with van der Waals surface area (Å²) < 4.78 is 4.96. The van der Waals surface area contributed by atoms with Crippen molar-refractivity contribution >= 4 is 5.91 Å². The van der Waals surface area contributed by atoms with Crippen LogP contribution in [0.4, 0.5) is 0 Å². The Morgan fingerprint density at radius 2 is 1.94 bits per heavy atom. The Labute approximate surface area is 99.8 Å². The first-order chi connectivity index (χ1) is 8.04. The molecule has 1 aromatic rings. The number of carbonyl (C=O) groups excluding carboxylic acids is 1. The van der Waals surface area contributed by atoms with Crippen LogP contribution >= 0.6 is 0 Å². The Balaban J connectivity index is 2.68. The van der Waals surface area contributed by atoms with Gasteiger partial charge in [-0.15, -0.1) is 0 Å². The van der Waals surface area contributed by atoms with Crippen LogP contribution in [0.25, 0.3) is 0 Å². The molecular weight excluding hydrogens is 222 g/mol. The number of aliphatic hydroxyl groups is 2. The molecule has 4 N–H and O–H groups in total. The van der Waals surface area contributed by atoms with E-state index >= 15 is 0 Å². The third-order valence-corrected chi connectivity index (χ3v) is 2.41. The van der Waals surface area contributed by atoms with E-state index in [2.05, 4.69) is 0 Å². The highest BCUT2D eigenvalue weighted by molar-refractivity contribution is 5.74. The number of amides is 1. The van der Waals surface area contributed by atoms with Gasteiger partial charge in [-0.3, -0.25) is 4.79 Å². The van der Waals surface area contributed by atoms with E-state index in [0.29, 0.717) is 12.2 Å². The number of rotatable bonds is 6. The maximum absolute atomic E-state index is 10.6. The number of aliphatic hydroxyl groups excluding tert-OH is 2. The second kappa shape index (κ2) is 6.34. The zero-order valence-corrected chi connectivity index (χ0v) is 9.67. The van der Waals surface area contributed by atoms with Crippen molar-refractivity contribution in [2.45, 2.75) is 25.2 Å². The lowest BCUT2D eigenvalue weighted by atomic mass is 10.0. The number of nitrogens with two attached hydrogens (primary N) is 1. The van der Waals surface area contributed by atoms with Gasteiger partial charge < -0.3 is 20.7 Å². The van der Waals surface area contributed by atoms with Gasteiger partial charge in [0.1, 0.15) is 6.10 Å². The predicted octanol–water partition coefficient (Wildman–Crippen LogP) is 0.103. The number of carbonyl (C=O) groups is 1. The molecule has 17 heavy (non-hydrogen) atoms. The molecule has 0 aromatic heterocycles. The summed E-state index contributed by atoms with van der Waals surface area (Å²) in [4.78, 5) is 10.6. The van der Waals surface area contributed by atoms with Gasteiger partial charge in [0, 0.05) is 7.11 Å². The highest BCUT2D eigenvalue weighted by Gasteiger charge is 2.20. The van der Waals surface area contributed by atoms with Crippen LogP contribution in [0.5, 0.6) is 0 Å². The second-order valence-electron chi connectivity index (χ2n) is 3.86. The van der Waals surface area contributed by atoms with Gasteiger partial charge in [-0.25, -0.2) is 0 Å². The molecule has 94 valence electrons. The Bertz CT molecular complexity index is 363. The predicted molar refractivity (Wildman–Crippen MR) is 61.9 cm³/mol. The van der Waals surface area contributed by atoms with Crippen molar-refractivity contribution in [2.75, 3.05) is 7.11 Å². The number of hydrogen-bond acceptors (Lipinski definition) is 4. The largest absolute Gasteiger partial charge is 0.390 e. The average molecular weight is 239 g/mol. The topological polar surface area (TPSA) is 92.8 Å². The van der Waals surface area contributed by atoms with Crippen LogP contribution in [-0.2, 0) is 16.1 Å². The Morgan fingerprint density at radius 1 is 1.35 bits per heavy atom. The molecule has 2 atom stereocenters. The number of ether oxygens (including phenoxy) is 1. The van der Waals surface area contributed by atoms with Gasteiger partial charge in [0.25, 0.3) is 0 Å². The van der Waals surface area contributed by atoms with E-state index in [-0.39, 0.29) is 6.42 Å². The molecule has 1 amide bonds. The van der Waals surface area contributed by atoms with Crippen LogP contribution in [0.3, 0.4) is 0 Å². The van der Waals surface area contributed by atoms with Crippen LogP contribution in [0, 0.1) is 0 Å². The minimum atomic E-state index is -1.18. The molecule has 0 aliphatic rings. The summed E-state index contributed by atoms with van der Waals surface area (Å²) in [5, 5.41) is 19.3. The Kier molecular flexibility index (Phi) is 5.09. The van der Waals surface area contributed by atoms with E-state index < -0.39 is 18.1 Å². The number of benzene rings is 1. The SMILES string of the molecule is COCc1ccc(C(O)C(O)CC(N)=O)cc1. The van der Waals surface area contributed by atoms with Crippen molar-refractivity contribution in [1.29, 1.82) is 0 Å². The molecule has 5 nitrogen and oxygen atoms in total. The maximum Gasteiger partial charge on any atom is 0.220 e. The molecule has 0 fully saturated rings. The Morgan fingerprint density at radius 3 is 2.41 bits per heavy atom.